The number of piperidine rings is 1. The average molecular weight is 488 g/mol. The maximum atomic E-state index is 12.9. The summed E-state index contributed by atoms with van der Waals surface area (Å²) in [7, 11) is -3.66. The van der Waals surface area contributed by atoms with E-state index < -0.39 is 10.0 Å². The zero-order chi connectivity index (χ0) is 24.6. The van der Waals surface area contributed by atoms with Gasteiger partial charge in [-0.3, -0.25) is 9.59 Å². The molecule has 0 radical (unpaired) electrons. The summed E-state index contributed by atoms with van der Waals surface area (Å²) in [6.07, 6.45) is 1.12. The predicted molar refractivity (Wildman–Crippen MR) is 129 cm³/mol. The topological polar surface area (TPSA) is 137 Å². The van der Waals surface area contributed by atoms with Crippen molar-refractivity contribution in [2.75, 3.05) is 30.3 Å². The van der Waals surface area contributed by atoms with Crippen LogP contribution in [0.3, 0.4) is 0 Å². The first-order valence-electron chi connectivity index (χ1n) is 11.0. The second-order valence-corrected chi connectivity index (χ2v) is 9.89. The number of carbonyl (C=O) groups excluding carboxylic acids is 3. The molecule has 11 heteroatoms. The van der Waals surface area contributed by atoms with Crippen LogP contribution in [0, 0.1) is 0 Å². The minimum atomic E-state index is -3.66. The minimum absolute atomic E-state index is 0.126. The molecule has 1 saturated heterocycles. The number of nitrogens with one attached hydrogen (secondary N) is 4. The van der Waals surface area contributed by atoms with Gasteiger partial charge in [0.2, 0.25) is 21.8 Å². The highest BCUT2D eigenvalue weighted by atomic mass is 32.2. The molecule has 1 aliphatic heterocycles. The predicted octanol–water partition coefficient (Wildman–Crippen LogP) is 2.13. The first-order valence-corrected chi connectivity index (χ1v) is 12.4. The molecule has 10 nitrogen and oxygen atoms in total. The number of para-hydroxylation sites is 1. The van der Waals surface area contributed by atoms with Crippen molar-refractivity contribution in [2.45, 2.75) is 37.1 Å². The Labute approximate surface area is 199 Å². The number of amides is 4. The van der Waals surface area contributed by atoms with Crippen LogP contribution in [0.5, 0.6) is 0 Å². The van der Waals surface area contributed by atoms with Gasteiger partial charge in [-0.05, 0) is 49.2 Å². The lowest BCUT2D eigenvalue weighted by Gasteiger charge is -2.31. The lowest BCUT2D eigenvalue weighted by Crippen LogP contribution is -2.47. The fraction of sp³-hybridized carbons (Fsp3) is 0.348. The van der Waals surface area contributed by atoms with Crippen LogP contribution in [-0.2, 0) is 19.6 Å². The SMILES string of the molecule is CC(=O)Nc1ccc(S(=O)(=O)N2CCC(NC(=O)CCNC(=O)Nc3ccccc3)CC2)cc1. The molecule has 3 rings (SSSR count). The number of urea groups is 1. The van der Waals surface area contributed by atoms with Crippen LogP contribution in [0.4, 0.5) is 16.2 Å². The van der Waals surface area contributed by atoms with E-state index in [2.05, 4.69) is 21.3 Å². The highest BCUT2D eigenvalue weighted by molar-refractivity contribution is 7.89. The average Bonchev–Trinajstić information content (AvgIpc) is 2.80. The third-order valence-corrected chi connectivity index (χ3v) is 7.21. The molecule has 34 heavy (non-hydrogen) atoms. The van der Waals surface area contributed by atoms with Crippen molar-refractivity contribution in [3.63, 3.8) is 0 Å². The largest absolute Gasteiger partial charge is 0.353 e. The van der Waals surface area contributed by atoms with Crippen molar-refractivity contribution >= 4 is 39.2 Å². The van der Waals surface area contributed by atoms with Gasteiger partial charge in [0, 0.05) is 50.4 Å². The number of sulfonamides is 1. The number of rotatable bonds is 8. The molecule has 2 aromatic rings. The van der Waals surface area contributed by atoms with E-state index in [0.29, 0.717) is 37.3 Å². The van der Waals surface area contributed by atoms with E-state index in [1.54, 1.807) is 24.3 Å². The number of hydrogen-bond acceptors (Lipinski definition) is 5. The highest BCUT2D eigenvalue weighted by Gasteiger charge is 2.29. The van der Waals surface area contributed by atoms with Gasteiger partial charge < -0.3 is 21.3 Å². The molecule has 1 aliphatic rings. The summed E-state index contributed by atoms with van der Waals surface area (Å²) in [4.78, 5) is 35.3. The Morgan fingerprint density at radius 2 is 1.53 bits per heavy atom. The Bertz CT molecular complexity index is 1100. The zero-order valence-corrected chi connectivity index (χ0v) is 19.7. The van der Waals surface area contributed by atoms with Gasteiger partial charge >= 0.3 is 6.03 Å². The van der Waals surface area contributed by atoms with Gasteiger partial charge in [-0.1, -0.05) is 18.2 Å². The Kier molecular flexibility index (Phi) is 8.61. The monoisotopic (exact) mass is 487 g/mol. The van der Waals surface area contributed by atoms with Crippen molar-refractivity contribution in [1.29, 1.82) is 0 Å². The van der Waals surface area contributed by atoms with Crippen LogP contribution in [0.2, 0.25) is 0 Å². The van der Waals surface area contributed by atoms with Gasteiger partial charge in [0.15, 0.2) is 0 Å². The van der Waals surface area contributed by atoms with E-state index >= 15 is 0 Å². The first kappa shape index (κ1) is 25.2. The van der Waals surface area contributed by atoms with Gasteiger partial charge in [-0.2, -0.15) is 4.31 Å². The van der Waals surface area contributed by atoms with E-state index in [-0.39, 0.29) is 41.7 Å². The summed E-state index contributed by atoms with van der Waals surface area (Å²) in [5.74, 6) is -0.430. The number of carbonyl (C=O) groups is 3. The Balaban J connectivity index is 1.39. The zero-order valence-electron chi connectivity index (χ0n) is 18.9. The van der Waals surface area contributed by atoms with Crippen LogP contribution in [0.15, 0.2) is 59.5 Å². The normalized spacial score (nSPS) is 14.7. The third-order valence-electron chi connectivity index (χ3n) is 5.30. The third kappa shape index (κ3) is 7.29. The highest BCUT2D eigenvalue weighted by Crippen LogP contribution is 2.22. The summed E-state index contributed by atoms with van der Waals surface area (Å²) in [6, 6.07) is 14.5. The second kappa shape index (κ2) is 11.6. The van der Waals surface area contributed by atoms with Crippen LogP contribution < -0.4 is 21.3 Å². The van der Waals surface area contributed by atoms with Gasteiger partial charge in [0.05, 0.1) is 4.90 Å². The fourth-order valence-electron chi connectivity index (χ4n) is 3.59. The number of nitrogens with zero attached hydrogens (tertiary/aromatic N) is 1. The molecule has 182 valence electrons. The lowest BCUT2D eigenvalue weighted by molar-refractivity contribution is -0.122. The Morgan fingerprint density at radius 1 is 0.912 bits per heavy atom. The Morgan fingerprint density at radius 3 is 2.15 bits per heavy atom. The molecular weight excluding hydrogens is 458 g/mol. The summed E-state index contributed by atoms with van der Waals surface area (Å²) < 4.78 is 27.2. The maximum absolute atomic E-state index is 12.9. The van der Waals surface area contributed by atoms with E-state index in [1.165, 1.54) is 23.4 Å². The van der Waals surface area contributed by atoms with Crippen molar-refractivity contribution in [3.05, 3.63) is 54.6 Å². The number of hydrogen-bond donors (Lipinski definition) is 4. The molecule has 0 saturated carbocycles. The molecule has 4 N–H and O–H groups in total. The van der Waals surface area contributed by atoms with Gasteiger partial charge in [-0.25, -0.2) is 13.2 Å². The Hall–Kier alpha value is -3.44. The summed E-state index contributed by atoms with van der Waals surface area (Å²) in [5, 5.41) is 10.8. The van der Waals surface area contributed by atoms with Gasteiger partial charge in [0.25, 0.3) is 0 Å². The molecule has 0 aromatic heterocycles. The standard InChI is InChI=1S/C23H29N5O5S/c1-17(29)25-19-7-9-21(10-8-19)34(32,33)28-15-12-20(13-16-28)26-22(30)11-14-24-23(31)27-18-5-3-2-4-6-18/h2-10,20H,11-16H2,1H3,(H,25,29)(H,26,30)(H2,24,27,31). The molecule has 2 aromatic carbocycles. The molecule has 0 unspecified atom stereocenters. The smallest absolute Gasteiger partial charge is 0.319 e. The summed E-state index contributed by atoms with van der Waals surface area (Å²) >= 11 is 0. The number of benzene rings is 2. The fourth-order valence-corrected chi connectivity index (χ4v) is 5.06. The molecule has 1 heterocycles. The van der Waals surface area contributed by atoms with Crippen molar-refractivity contribution < 1.29 is 22.8 Å². The van der Waals surface area contributed by atoms with E-state index in [4.69, 9.17) is 0 Å². The molecule has 0 spiro atoms. The molecule has 0 atom stereocenters. The quantitative estimate of drug-likeness (QED) is 0.452. The van der Waals surface area contributed by atoms with Crippen LogP contribution in [-0.4, -0.2) is 56.2 Å². The van der Waals surface area contributed by atoms with Crippen LogP contribution >= 0.6 is 0 Å². The first-order chi connectivity index (χ1) is 16.2. The van der Waals surface area contributed by atoms with Crippen LogP contribution in [0.25, 0.3) is 0 Å². The molecular formula is C23H29N5O5S. The molecule has 0 bridgehead atoms. The summed E-state index contributed by atoms with van der Waals surface area (Å²) in [5.41, 5.74) is 1.19. The number of anilines is 2. The van der Waals surface area contributed by atoms with Crippen molar-refractivity contribution in [2.24, 2.45) is 0 Å². The van der Waals surface area contributed by atoms with Crippen molar-refractivity contribution in [1.82, 2.24) is 14.9 Å². The van der Waals surface area contributed by atoms with Gasteiger partial charge in [0.1, 0.15) is 0 Å². The second-order valence-electron chi connectivity index (χ2n) is 7.95. The van der Waals surface area contributed by atoms with E-state index in [1.807, 2.05) is 18.2 Å². The van der Waals surface area contributed by atoms with Gasteiger partial charge in [-0.15, -0.1) is 0 Å². The molecule has 0 aliphatic carbocycles. The maximum Gasteiger partial charge on any atom is 0.319 e. The summed E-state index contributed by atoms with van der Waals surface area (Å²) in [6.45, 7) is 2.15. The van der Waals surface area contributed by atoms with Crippen LogP contribution in [0.1, 0.15) is 26.2 Å². The van der Waals surface area contributed by atoms with E-state index in [9.17, 15) is 22.8 Å². The molecule has 4 amide bonds. The van der Waals surface area contributed by atoms with E-state index in [0.717, 1.165) is 0 Å². The molecule has 1 fully saturated rings. The minimum Gasteiger partial charge on any atom is -0.353 e. The lowest BCUT2D eigenvalue weighted by atomic mass is 10.1. The van der Waals surface area contributed by atoms with Crippen molar-refractivity contribution in [3.8, 4) is 0 Å².